The molecule has 1 N–H and O–H groups in total. The zero-order valence-corrected chi connectivity index (χ0v) is 13.5. The van der Waals surface area contributed by atoms with Crippen LogP contribution in [0.3, 0.4) is 0 Å². The highest BCUT2D eigenvalue weighted by atomic mass is 35.5. The van der Waals surface area contributed by atoms with Gasteiger partial charge in [-0.05, 0) is 42.4 Å². The van der Waals surface area contributed by atoms with E-state index in [0.29, 0.717) is 0 Å². The van der Waals surface area contributed by atoms with Gasteiger partial charge < -0.3 is 10.1 Å². The van der Waals surface area contributed by atoms with Crippen molar-refractivity contribution in [3.05, 3.63) is 34.6 Å². The largest absolute Gasteiger partial charge is 0.383 e. The highest BCUT2D eigenvalue weighted by Crippen LogP contribution is 2.39. The Labute approximate surface area is 132 Å². The lowest BCUT2D eigenvalue weighted by Crippen LogP contribution is -2.39. The number of rotatable bonds is 7. The minimum Gasteiger partial charge on any atom is -0.383 e. The molecule has 4 heteroatoms. The molecular weight excluding hydrogens is 289 g/mol. The highest BCUT2D eigenvalue weighted by molar-refractivity contribution is 6.30. The summed E-state index contributed by atoms with van der Waals surface area (Å²) in [5, 5.41) is 3.70. The van der Waals surface area contributed by atoms with Crippen molar-refractivity contribution >= 4 is 11.6 Å². The van der Waals surface area contributed by atoms with Crippen LogP contribution in [-0.2, 0) is 11.2 Å². The predicted octanol–water partition coefficient (Wildman–Crippen LogP) is 4.21. The molecular formula is C17H25ClFNO. The fourth-order valence-electron chi connectivity index (χ4n) is 3.33. The van der Waals surface area contributed by atoms with Crippen LogP contribution in [0.1, 0.15) is 37.7 Å². The predicted molar refractivity (Wildman–Crippen MR) is 85.4 cm³/mol. The number of benzene rings is 1. The minimum absolute atomic E-state index is 0.203. The van der Waals surface area contributed by atoms with Crippen molar-refractivity contribution in [2.45, 2.75) is 38.5 Å². The van der Waals surface area contributed by atoms with Gasteiger partial charge in [0, 0.05) is 20.2 Å². The van der Waals surface area contributed by atoms with Gasteiger partial charge in [-0.3, -0.25) is 0 Å². The Morgan fingerprint density at radius 3 is 2.71 bits per heavy atom. The Bertz CT molecular complexity index is 446. The lowest BCUT2D eigenvalue weighted by molar-refractivity contribution is 0.162. The molecule has 0 aromatic heterocycles. The van der Waals surface area contributed by atoms with E-state index < -0.39 is 0 Å². The first-order valence-electron chi connectivity index (χ1n) is 7.79. The molecule has 118 valence electrons. The quantitative estimate of drug-likeness (QED) is 0.761. The van der Waals surface area contributed by atoms with Crippen LogP contribution >= 0.6 is 11.6 Å². The highest BCUT2D eigenvalue weighted by Gasteiger charge is 2.31. The van der Waals surface area contributed by atoms with Crippen molar-refractivity contribution in [3.8, 4) is 0 Å². The molecule has 0 saturated heterocycles. The minimum atomic E-state index is -0.313. The van der Waals surface area contributed by atoms with Crippen LogP contribution in [-0.4, -0.2) is 26.8 Å². The summed E-state index contributed by atoms with van der Waals surface area (Å²) in [6, 6.07) is 5.21. The summed E-state index contributed by atoms with van der Waals surface area (Å²) in [4.78, 5) is 0. The molecule has 2 rings (SSSR count). The maximum absolute atomic E-state index is 13.6. The molecule has 0 spiro atoms. The molecule has 0 amide bonds. The third kappa shape index (κ3) is 4.94. The second-order valence-electron chi connectivity index (χ2n) is 6.16. The maximum Gasteiger partial charge on any atom is 0.142 e. The number of halogens is 2. The summed E-state index contributed by atoms with van der Waals surface area (Å²) in [5.41, 5.74) is 1.29. The summed E-state index contributed by atoms with van der Waals surface area (Å²) >= 11 is 5.78. The van der Waals surface area contributed by atoms with Crippen LogP contribution < -0.4 is 5.32 Å². The van der Waals surface area contributed by atoms with Crippen molar-refractivity contribution in [1.82, 2.24) is 5.32 Å². The fraction of sp³-hybridized carbons (Fsp3) is 0.647. The van der Waals surface area contributed by atoms with Gasteiger partial charge in [0.2, 0.25) is 0 Å². The first kappa shape index (κ1) is 16.7. The number of hydrogen-bond donors (Lipinski definition) is 1. The Kier molecular flexibility index (Phi) is 6.46. The van der Waals surface area contributed by atoms with E-state index in [1.807, 2.05) is 6.07 Å². The number of nitrogens with one attached hydrogen (secondary N) is 1. The van der Waals surface area contributed by atoms with Crippen molar-refractivity contribution in [2.24, 2.45) is 5.41 Å². The van der Waals surface area contributed by atoms with E-state index in [2.05, 4.69) is 5.32 Å². The fourth-order valence-corrected chi connectivity index (χ4v) is 3.45. The molecule has 0 radical (unpaired) electrons. The van der Waals surface area contributed by atoms with E-state index in [1.165, 1.54) is 32.1 Å². The van der Waals surface area contributed by atoms with Crippen molar-refractivity contribution in [1.29, 1.82) is 0 Å². The van der Waals surface area contributed by atoms with Gasteiger partial charge in [0.05, 0.1) is 11.6 Å². The molecule has 1 aliphatic rings. The van der Waals surface area contributed by atoms with E-state index in [0.717, 1.165) is 31.7 Å². The van der Waals surface area contributed by atoms with Crippen molar-refractivity contribution in [2.75, 3.05) is 26.8 Å². The monoisotopic (exact) mass is 313 g/mol. The van der Waals surface area contributed by atoms with Gasteiger partial charge in [0.25, 0.3) is 0 Å². The normalized spacial score (nSPS) is 17.9. The van der Waals surface area contributed by atoms with E-state index in [9.17, 15) is 4.39 Å². The number of ether oxygens (including phenoxy) is 1. The summed E-state index contributed by atoms with van der Waals surface area (Å²) in [5.74, 6) is -0.313. The molecule has 21 heavy (non-hydrogen) atoms. The molecule has 0 bridgehead atoms. The van der Waals surface area contributed by atoms with Gasteiger partial charge >= 0.3 is 0 Å². The lowest BCUT2D eigenvalue weighted by Gasteiger charge is -2.38. The summed E-state index contributed by atoms with van der Waals surface area (Å²) in [6.45, 7) is 2.57. The Morgan fingerprint density at radius 1 is 1.29 bits per heavy atom. The molecule has 2 nitrogen and oxygen atoms in total. The zero-order chi connectivity index (χ0) is 15.1. The van der Waals surface area contributed by atoms with Gasteiger partial charge in [0.15, 0.2) is 0 Å². The SMILES string of the molecule is COCCNCC1(Cc2ccc(Cl)c(F)c2)CCCCC1. The Morgan fingerprint density at radius 2 is 2.05 bits per heavy atom. The van der Waals surface area contributed by atoms with Crippen LogP contribution in [0.15, 0.2) is 18.2 Å². The standard InChI is InChI=1S/C17H25ClFNO/c1-21-10-9-20-13-17(7-3-2-4-8-17)12-14-5-6-15(18)16(19)11-14/h5-6,11,20H,2-4,7-10,12-13H2,1H3. The topological polar surface area (TPSA) is 21.3 Å². The lowest BCUT2D eigenvalue weighted by atomic mass is 9.70. The van der Waals surface area contributed by atoms with Gasteiger partial charge in [-0.1, -0.05) is 36.9 Å². The zero-order valence-electron chi connectivity index (χ0n) is 12.8. The Hall–Kier alpha value is -0.640. The van der Waals surface area contributed by atoms with Crippen LogP contribution in [0.4, 0.5) is 4.39 Å². The molecule has 0 heterocycles. The van der Waals surface area contributed by atoms with Gasteiger partial charge in [-0.2, -0.15) is 0 Å². The third-order valence-corrected chi connectivity index (χ3v) is 4.77. The van der Waals surface area contributed by atoms with Crippen molar-refractivity contribution in [3.63, 3.8) is 0 Å². The van der Waals surface area contributed by atoms with Crippen molar-refractivity contribution < 1.29 is 9.13 Å². The molecule has 0 unspecified atom stereocenters. The summed E-state index contributed by atoms with van der Waals surface area (Å²) < 4.78 is 18.7. The summed E-state index contributed by atoms with van der Waals surface area (Å²) in [7, 11) is 1.72. The van der Waals surface area contributed by atoms with Gasteiger partial charge in [0.1, 0.15) is 5.82 Å². The van der Waals surface area contributed by atoms with Crippen LogP contribution in [0, 0.1) is 11.2 Å². The number of hydrogen-bond acceptors (Lipinski definition) is 2. The molecule has 0 atom stereocenters. The van der Waals surface area contributed by atoms with Gasteiger partial charge in [-0.15, -0.1) is 0 Å². The maximum atomic E-state index is 13.6. The second-order valence-corrected chi connectivity index (χ2v) is 6.56. The van der Waals surface area contributed by atoms with Gasteiger partial charge in [-0.25, -0.2) is 4.39 Å². The smallest absolute Gasteiger partial charge is 0.142 e. The molecule has 1 aromatic carbocycles. The van der Waals surface area contributed by atoms with E-state index in [4.69, 9.17) is 16.3 Å². The van der Waals surface area contributed by atoms with Crippen LogP contribution in [0.2, 0.25) is 5.02 Å². The first-order chi connectivity index (χ1) is 10.2. The molecule has 0 aliphatic heterocycles. The number of methoxy groups -OCH3 is 1. The van der Waals surface area contributed by atoms with E-state index >= 15 is 0 Å². The van der Waals surface area contributed by atoms with Crippen LogP contribution in [0.25, 0.3) is 0 Å². The Balaban J connectivity index is 2.02. The summed E-state index contributed by atoms with van der Waals surface area (Å²) in [6.07, 6.45) is 7.17. The first-order valence-corrected chi connectivity index (χ1v) is 8.17. The third-order valence-electron chi connectivity index (χ3n) is 4.46. The molecule has 1 aromatic rings. The van der Waals surface area contributed by atoms with E-state index in [-0.39, 0.29) is 16.3 Å². The average molecular weight is 314 g/mol. The van der Waals surface area contributed by atoms with E-state index in [1.54, 1.807) is 19.2 Å². The second kappa shape index (κ2) is 8.11. The molecule has 1 saturated carbocycles. The molecule has 1 fully saturated rings. The van der Waals surface area contributed by atoms with Crippen LogP contribution in [0.5, 0.6) is 0 Å². The molecule has 1 aliphatic carbocycles. The average Bonchev–Trinajstić information content (AvgIpc) is 2.49.